The standard InChI is InChI=1S/C26H24N4O3S/c31-23(27-14-20-12-7-13-33-20)15-30-25(21-16-34-17-22(21)29-30)28-26(32)24(18-8-3-1-4-9-18)19-10-5-2-6-11-19/h1-13,24H,14-17H2,(H,27,31)(H,28,32). The Hall–Kier alpha value is -3.78. The largest absolute Gasteiger partial charge is 0.467 e. The normalized spacial score (nSPS) is 12.5. The van der Waals surface area contributed by atoms with Crippen molar-refractivity contribution in [1.29, 1.82) is 0 Å². The number of thioether (sulfide) groups is 1. The Morgan fingerprint density at radius 2 is 1.68 bits per heavy atom. The van der Waals surface area contributed by atoms with Crippen LogP contribution < -0.4 is 10.6 Å². The lowest BCUT2D eigenvalue weighted by Gasteiger charge is -2.19. The van der Waals surface area contributed by atoms with Crippen molar-refractivity contribution in [3.63, 3.8) is 0 Å². The number of nitrogens with one attached hydrogen (secondary N) is 2. The number of carbonyl (C=O) groups is 2. The highest BCUT2D eigenvalue weighted by Crippen LogP contribution is 2.36. The maximum absolute atomic E-state index is 13.7. The lowest BCUT2D eigenvalue weighted by Crippen LogP contribution is -2.29. The summed E-state index contributed by atoms with van der Waals surface area (Å²) in [5.41, 5.74) is 3.70. The summed E-state index contributed by atoms with van der Waals surface area (Å²) >= 11 is 1.75. The van der Waals surface area contributed by atoms with Gasteiger partial charge in [0.1, 0.15) is 18.1 Å². The number of amides is 2. The molecule has 0 saturated carbocycles. The summed E-state index contributed by atoms with van der Waals surface area (Å²) in [5.74, 6) is 1.94. The fourth-order valence-corrected chi connectivity index (χ4v) is 5.12. The first-order valence-electron chi connectivity index (χ1n) is 11.0. The van der Waals surface area contributed by atoms with Crippen LogP contribution in [0.1, 0.15) is 34.1 Å². The van der Waals surface area contributed by atoms with Gasteiger partial charge in [0.05, 0.1) is 24.4 Å². The zero-order chi connectivity index (χ0) is 23.3. The van der Waals surface area contributed by atoms with Crippen LogP contribution in [-0.4, -0.2) is 21.6 Å². The topological polar surface area (TPSA) is 89.2 Å². The van der Waals surface area contributed by atoms with Crippen LogP contribution in [0.3, 0.4) is 0 Å². The van der Waals surface area contributed by atoms with Gasteiger partial charge >= 0.3 is 0 Å². The van der Waals surface area contributed by atoms with Crippen molar-refractivity contribution in [3.05, 3.63) is 107 Å². The number of hydrogen-bond acceptors (Lipinski definition) is 5. The van der Waals surface area contributed by atoms with Crippen LogP contribution in [0.15, 0.2) is 83.5 Å². The number of aromatic nitrogens is 2. The van der Waals surface area contributed by atoms with Crippen LogP contribution in [0, 0.1) is 0 Å². The number of anilines is 1. The molecule has 0 unspecified atom stereocenters. The second kappa shape index (κ2) is 10.0. The minimum absolute atomic E-state index is 0.00926. The second-order valence-electron chi connectivity index (χ2n) is 8.02. The third-order valence-corrected chi connectivity index (χ3v) is 6.69. The number of rotatable bonds is 8. The number of carbonyl (C=O) groups excluding carboxylic acids is 2. The molecule has 0 spiro atoms. The molecule has 2 N–H and O–H groups in total. The van der Waals surface area contributed by atoms with E-state index >= 15 is 0 Å². The monoisotopic (exact) mass is 472 g/mol. The van der Waals surface area contributed by atoms with E-state index < -0.39 is 5.92 Å². The van der Waals surface area contributed by atoms with Gasteiger partial charge in [0.25, 0.3) is 0 Å². The van der Waals surface area contributed by atoms with Gasteiger partial charge in [0, 0.05) is 17.1 Å². The predicted octanol–water partition coefficient (Wildman–Crippen LogP) is 4.31. The SMILES string of the molecule is O=C(Cn1nc2c(c1NC(=O)C(c1ccccc1)c1ccccc1)CSC2)NCc1ccco1. The third-order valence-electron chi connectivity index (χ3n) is 5.72. The molecule has 3 heterocycles. The number of fused-ring (bicyclic) bond motifs is 1. The molecule has 0 fully saturated rings. The molecule has 4 aromatic rings. The van der Waals surface area contributed by atoms with Gasteiger partial charge in [-0.15, -0.1) is 0 Å². The molecule has 2 aromatic heterocycles. The van der Waals surface area contributed by atoms with Crippen molar-refractivity contribution in [2.75, 3.05) is 5.32 Å². The number of hydrogen-bond donors (Lipinski definition) is 2. The van der Waals surface area contributed by atoms with Crippen molar-refractivity contribution < 1.29 is 14.0 Å². The summed E-state index contributed by atoms with van der Waals surface area (Å²) in [6.07, 6.45) is 1.57. The minimum Gasteiger partial charge on any atom is -0.467 e. The summed E-state index contributed by atoms with van der Waals surface area (Å²) < 4.78 is 6.88. The highest BCUT2D eigenvalue weighted by atomic mass is 32.2. The number of nitrogens with zero attached hydrogens (tertiary/aromatic N) is 2. The van der Waals surface area contributed by atoms with Gasteiger partial charge < -0.3 is 15.1 Å². The zero-order valence-electron chi connectivity index (χ0n) is 18.4. The van der Waals surface area contributed by atoms with E-state index in [1.54, 1.807) is 34.8 Å². The Morgan fingerprint density at radius 3 is 2.32 bits per heavy atom. The maximum Gasteiger partial charge on any atom is 0.242 e. The Kier molecular flexibility index (Phi) is 6.49. The van der Waals surface area contributed by atoms with Crippen LogP contribution in [0.5, 0.6) is 0 Å². The molecule has 0 bridgehead atoms. The molecule has 2 aromatic carbocycles. The molecule has 0 aliphatic carbocycles. The first-order valence-corrected chi connectivity index (χ1v) is 12.2. The van der Waals surface area contributed by atoms with E-state index in [0.717, 1.165) is 33.9 Å². The Bertz CT molecular complexity index is 1230. The maximum atomic E-state index is 13.7. The van der Waals surface area contributed by atoms with Crippen molar-refractivity contribution in [2.45, 2.75) is 30.5 Å². The van der Waals surface area contributed by atoms with Crippen LogP contribution in [0.4, 0.5) is 5.82 Å². The van der Waals surface area contributed by atoms with Crippen molar-refractivity contribution in [1.82, 2.24) is 15.1 Å². The molecule has 8 heteroatoms. The highest BCUT2D eigenvalue weighted by molar-refractivity contribution is 7.98. The smallest absolute Gasteiger partial charge is 0.242 e. The summed E-state index contributed by atoms with van der Waals surface area (Å²) in [6.45, 7) is 0.309. The van der Waals surface area contributed by atoms with Crippen LogP contribution >= 0.6 is 11.8 Å². The van der Waals surface area contributed by atoms with E-state index in [1.165, 1.54) is 0 Å². The third kappa shape index (κ3) is 4.77. The lowest BCUT2D eigenvalue weighted by molar-refractivity contribution is -0.122. The summed E-state index contributed by atoms with van der Waals surface area (Å²) in [5, 5.41) is 10.6. The Morgan fingerprint density at radius 1 is 0.971 bits per heavy atom. The molecule has 7 nitrogen and oxygen atoms in total. The van der Waals surface area contributed by atoms with E-state index in [9.17, 15) is 9.59 Å². The van der Waals surface area contributed by atoms with Gasteiger partial charge in [-0.2, -0.15) is 16.9 Å². The first-order chi connectivity index (χ1) is 16.7. The van der Waals surface area contributed by atoms with Gasteiger partial charge in [-0.3, -0.25) is 9.59 Å². The first kappa shape index (κ1) is 22.0. The van der Waals surface area contributed by atoms with E-state index in [2.05, 4.69) is 15.7 Å². The fourth-order valence-electron chi connectivity index (χ4n) is 4.09. The number of benzene rings is 2. The van der Waals surface area contributed by atoms with Crippen molar-refractivity contribution in [3.8, 4) is 0 Å². The van der Waals surface area contributed by atoms with E-state index in [1.807, 2.05) is 60.7 Å². The Labute approximate surface area is 201 Å². The molecule has 0 atom stereocenters. The van der Waals surface area contributed by atoms with Gasteiger partial charge in [0.15, 0.2) is 0 Å². The molecular formula is C26H24N4O3S. The fraction of sp³-hybridized carbons (Fsp3) is 0.192. The van der Waals surface area contributed by atoms with E-state index in [-0.39, 0.29) is 18.4 Å². The Balaban J connectivity index is 1.39. The summed E-state index contributed by atoms with van der Waals surface area (Å²) in [4.78, 5) is 26.3. The molecule has 172 valence electrons. The molecule has 1 aliphatic heterocycles. The molecule has 1 aliphatic rings. The lowest BCUT2D eigenvalue weighted by atomic mass is 9.90. The number of furan rings is 1. The highest BCUT2D eigenvalue weighted by Gasteiger charge is 2.28. The summed E-state index contributed by atoms with van der Waals surface area (Å²) in [6, 6.07) is 23.0. The zero-order valence-corrected chi connectivity index (χ0v) is 19.3. The molecule has 2 amide bonds. The molecule has 0 radical (unpaired) electrons. The molecule has 5 rings (SSSR count). The van der Waals surface area contributed by atoms with Gasteiger partial charge in [-0.05, 0) is 23.3 Å². The van der Waals surface area contributed by atoms with Crippen LogP contribution in [-0.2, 0) is 34.2 Å². The van der Waals surface area contributed by atoms with Gasteiger partial charge in [-0.25, -0.2) is 4.68 Å². The average Bonchev–Trinajstić information content (AvgIpc) is 3.60. The predicted molar refractivity (Wildman–Crippen MR) is 131 cm³/mol. The summed E-state index contributed by atoms with van der Waals surface area (Å²) in [7, 11) is 0. The van der Waals surface area contributed by atoms with Gasteiger partial charge in [-0.1, -0.05) is 60.7 Å². The van der Waals surface area contributed by atoms with Crippen molar-refractivity contribution in [2.24, 2.45) is 0 Å². The molecule has 34 heavy (non-hydrogen) atoms. The van der Waals surface area contributed by atoms with Crippen LogP contribution in [0.25, 0.3) is 0 Å². The van der Waals surface area contributed by atoms with Gasteiger partial charge in [0.2, 0.25) is 11.8 Å². The van der Waals surface area contributed by atoms with Crippen molar-refractivity contribution >= 4 is 29.4 Å². The average molecular weight is 473 g/mol. The van der Waals surface area contributed by atoms with E-state index in [0.29, 0.717) is 18.1 Å². The molecule has 0 saturated heterocycles. The second-order valence-corrected chi connectivity index (χ2v) is 9.01. The minimum atomic E-state index is -0.483. The molecular weight excluding hydrogens is 448 g/mol. The quantitative estimate of drug-likeness (QED) is 0.399. The van der Waals surface area contributed by atoms with E-state index in [4.69, 9.17) is 4.42 Å². The van der Waals surface area contributed by atoms with Crippen LogP contribution in [0.2, 0.25) is 0 Å².